The Bertz CT molecular complexity index is 569. The number of hydrogen-bond donors (Lipinski definition) is 2. The molecule has 94 valence electrons. The normalized spacial score (nSPS) is 10.1. The summed E-state index contributed by atoms with van der Waals surface area (Å²) in [6.07, 6.45) is 1.69. The minimum absolute atomic E-state index is 0.0864. The van der Waals surface area contributed by atoms with Crippen molar-refractivity contribution in [1.29, 1.82) is 0 Å². The highest BCUT2D eigenvalue weighted by Crippen LogP contribution is 2.28. The third-order valence-corrected chi connectivity index (χ3v) is 2.68. The fourth-order valence-electron chi connectivity index (χ4n) is 1.75. The number of aromatic nitrogens is 1. The molecule has 1 aromatic carbocycles. The molecule has 0 saturated heterocycles. The summed E-state index contributed by atoms with van der Waals surface area (Å²) in [6, 6.07) is 7.62. The van der Waals surface area contributed by atoms with Gasteiger partial charge in [0, 0.05) is 24.0 Å². The average molecular weight is 245 g/mol. The van der Waals surface area contributed by atoms with Crippen molar-refractivity contribution in [3.63, 3.8) is 0 Å². The van der Waals surface area contributed by atoms with Crippen LogP contribution in [0.2, 0.25) is 0 Å². The van der Waals surface area contributed by atoms with Gasteiger partial charge < -0.3 is 15.4 Å². The van der Waals surface area contributed by atoms with Crippen molar-refractivity contribution in [2.45, 2.75) is 0 Å². The van der Waals surface area contributed by atoms with Gasteiger partial charge >= 0.3 is 0 Å². The van der Waals surface area contributed by atoms with E-state index in [4.69, 9.17) is 4.74 Å². The zero-order valence-corrected chi connectivity index (χ0v) is 10.4. The Morgan fingerprint density at radius 1 is 1.33 bits per heavy atom. The lowest BCUT2D eigenvalue weighted by molar-refractivity contribution is -0.118. The van der Waals surface area contributed by atoms with Crippen LogP contribution in [0.4, 0.5) is 5.82 Å². The van der Waals surface area contributed by atoms with Crippen molar-refractivity contribution >= 4 is 22.5 Å². The van der Waals surface area contributed by atoms with Crippen LogP contribution in [-0.2, 0) is 4.79 Å². The number of methoxy groups -OCH3 is 1. The molecule has 1 aromatic heterocycles. The quantitative estimate of drug-likeness (QED) is 0.854. The van der Waals surface area contributed by atoms with Crippen LogP contribution in [-0.4, -0.2) is 31.6 Å². The number of pyridine rings is 1. The van der Waals surface area contributed by atoms with Crippen LogP contribution in [0.1, 0.15) is 0 Å². The second-order valence-electron chi connectivity index (χ2n) is 3.74. The molecule has 1 amide bonds. The summed E-state index contributed by atoms with van der Waals surface area (Å²) < 4.78 is 5.29. The second kappa shape index (κ2) is 5.35. The summed E-state index contributed by atoms with van der Waals surface area (Å²) in [5, 5.41) is 7.46. The molecule has 0 unspecified atom stereocenters. The number of hydrogen-bond acceptors (Lipinski definition) is 4. The number of ether oxygens (including phenoxy) is 1. The predicted octanol–water partition coefficient (Wildman–Crippen LogP) is 1.40. The van der Waals surface area contributed by atoms with E-state index in [1.165, 1.54) is 0 Å². The third-order valence-electron chi connectivity index (χ3n) is 2.68. The van der Waals surface area contributed by atoms with Gasteiger partial charge in [-0.2, -0.15) is 0 Å². The van der Waals surface area contributed by atoms with Crippen LogP contribution in [0.5, 0.6) is 5.75 Å². The highest BCUT2D eigenvalue weighted by atomic mass is 16.5. The number of amides is 1. The Kier molecular flexibility index (Phi) is 3.62. The molecule has 18 heavy (non-hydrogen) atoms. The molecule has 0 spiro atoms. The first kappa shape index (κ1) is 12.2. The molecule has 0 bridgehead atoms. The van der Waals surface area contributed by atoms with Crippen molar-refractivity contribution < 1.29 is 9.53 Å². The maximum Gasteiger partial charge on any atom is 0.239 e. The minimum atomic E-state index is -0.0864. The number of benzene rings is 1. The van der Waals surface area contributed by atoms with Crippen LogP contribution < -0.4 is 15.4 Å². The monoisotopic (exact) mass is 245 g/mol. The Morgan fingerprint density at radius 2 is 2.17 bits per heavy atom. The molecule has 0 saturated carbocycles. The van der Waals surface area contributed by atoms with Crippen molar-refractivity contribution in [3.8, 4) is 5.75 Å². The van der Waals surface area contributed by atoms with Gasteiger partial charge in [-0.25, -0.2) is 4.98 Å². The lowest BCUT2D eigenvalue weighted by atomic mass is 10.1. The van der Waals surface area contributed by atoms with Gasteiger partial charge in [0.2, 0.25) is 5.91 Å². The fourth-order valence-corrected chi connectivity index (χ4v) is 1.75. The Balaban J connectivity index is 2.36. The van der Waals surface area contributed by atoms with E-state index in [1.807, 2.05) is 24.3 Å². The molecule has 0 atom stereocenters. The largest absolute Gasteiger partial charge is 0.496 e. The van der Waals surface area contributed by atoms with Crippen molar-refractivity contribution in [1.82, 2.24) is 10.3 Å². The Morgan fingerprint density at radius 3 is 2.89 bits per heavy atom. The number of anilines is 1. The van der Waals surface area contributed by atoms with E-state index in [0.717, 1.165) is 16.5 Å². The zero-order chi connectivity index (χ0) is 13.0. The molecule has 1 heterocycles. The summed E-state index contributed by atoms with van der Waals surface area (Å²) >= 11 is 0. The summed E-state index contributed by atoms with van der Waals surface area (Å²) in [7, 11) is 3.23. The molecule has 0 aliphatic rings. The number of carbonyl (C=O) groups is 1. The maximum atomic E-state index is 11.2. The average Bonchev–Trinajstić information content (AvgIpc) is 2.43. The molecular weight excluding hydrogens is 230 g/mol. The number of likely N-dealkylation sites (N-methyl/N-ethyl adjacent to an activating group) is 1. The van der Waals surface area contributed by atoms with E-state index in [0.29, 0.717) is 5.82 Å². The van der Waals surface area contributed by atoms with E-state index in [2.05, 4.69) is 15.6 Å². The number of nitrogens with zero attached hydrogens (tertiary/aromatic N) is 1. The first-order valence-corrected chi connectivity index (χ1v) is 5.62. The molecule has 0 aliphatic carbocycles. The van der Waals surface area contributed by atoms with Crippen LogP contribution in [0.3, 0.4) is 0 Å². The topological polar surface area (TPSA) is 63.2 Å². The number of rotatable bonds is 4. The third kappa shape index (κ3) is 2.34. The van der Waals surface area contributed by atoms with Gasteiger partial charge in [-0.15, -0.1) is 0 Å². The van der Waals surface area contributed by atoms with Gasteiger partial charge in [-0.1, -0.05) is 12.1 Å². The number of nitrogens with one attached hydrogen (secondary N) is 2. The van der Waals surface area contributed by atoms with Crippen LogP contribution in [0.25, 0.3) is 10.8 Å². The lowest BCUT2D eigenvalue weighted by Crippen LogP contribution is -2.26. The summed E-state index contributed by atoms with van der Waals surface area (Å²) in [5.74, 6) is 1.38. The van der Waals surface area contributed by atoms with Gasteiger partial charge in [-0.3, -0.25) is 4.79 Å². The Labute approximate surface area is 105 Å². The second-order valence-corrected chi connectivity index (χ2v) is 3.74. The Hall–Kier alpha value is -2.30. The molecule has 0 aliphatic heterocycles. The summed E-state index contributed by atoms with van der Waals surface area (Å²) in [4.78, 5) is 15.5. The molecule has 0 fully saturated rings. The van der Waals surface area contributed by atoms with Crippen molar-refractivity contribution in [3.05, 3.63) is 30.5 Å². The van der Waals surface area contributed by atoms with Gasteiger partial charge in [-0.05, 0) is 12.1 Å². The number of fused-ring (bicyclic) bond motifs is 1. The lowest BCUT2D eigenvalue weighted by Gasteiger charge is -2.10. The molecule has 2 rings (SSSR count). The fraction of sp³-hybridized carbons (Fsp3) is 0.231. The molecule has 5 heteroatoms. The van der Waals surface area contributed by atoms with Gasteiger partial charge in [0.15, 0.2) is 0 Å². The van der Waals surface area contributed by atoms with Crippen LogP contribution in [0.15, 0.2) is 30.5 Å². The predicted molar refractivity (Wildman–Crippen MR) is 70.9 cm³/mol. The van der Waals surface area contributed by atoms with Gasteiger partial charge in [0.05, 0.1) is 13.7 Å². The van der Waals surface area contributed by atoms with Gasteiger partial charge in [0.25, 0.3) is 0 Å². The first-order chi connectivity index (χ1) is 8.76. The summed E-state index contributed by atoms with van der Waals surface area (Å²) in [5.41, 5.74) is 0. The standard InChI is InChI=1S/C13H15N3O2/c1-14-12(17)8-16-13-10-4-3-5-11(18-2)9(10)6-7-15-13/h3-7H,8H2,1-2H3,(H,14,17)(H,15,16). The number of carbonyl (C=O) groups excluding carboxylic acids is 1. The van der Waals surface area contributed by atoms with Crippen molar-refractivity contribution in [2.75, 3.05) is 26.0 Å². The van der Waals surface area contributed by atoms with Crippen LogP contribution in [0, 0.1) is 0 Å². The minimum Gasteiger partial charge on any atom is -0.496 e. The van der Waals surface area contributed by atoms with Crippen molar-refractivity contribution in [2.24, 2.45) is 0 Å². The van der Waals surface area contributed by atoms with E-state index < -0.39 is 0 Å². The maximum absolute atomic E-state index is 11.2. The van der Waals surface area contributed by atoms with Gasteiger partial charge in [0.1, 0.15) is 11.6 Å². The van der Waals surface area contributed by atoms with E-state index in [1.54, 1.807) is 20.4 Å². The molecular formula is C13H15N3O2. The zero-order valence-electron chi connectivity index (χ0n) is 10.4. The molecule has 5 nitrogen and oxygen atoms in total. The highest BCUT2D eigenvalue weighted by Gasteiger charge is 2.07. The van der Waals surface area contributed by atoms with E-state index >= 15 is 0 Å². The smallest absolute Gasteiger partial charge is 0.239 e. The molecule has 2 aromatic rings. The first-order valence-electron chi connectivity index (χ1n) is 5.62. The van der Waals surface area contributed by atoms with Crippen LogP contribution >= 0.6 is 0 Å². The molecule has 0 radical (unpaired) electrons. The van der Waals surface area contributed by atoms with E-state index in [9.17, 15) is 4.79 Å². The highest BCUT2D eigenvalue weighted by molar-refractivity contribution is 5.96. The van der Waals surface area contributed by atoms with E-state index in [-0.39, 0.29) is 12.5 Å². The SMILES string of the molecule is CNC(=O)CNc1nccc2c(OC)cccc12. The summed E-state index contributed by atoms with van der Waals surface area (Å²) in [6.45, 7) is 0.194. The molecule has 2 N–H and O–H groups in total.